The largest absolute Gasteiger partial charge is 0.348 e. The molecule has 17 heavy (non-hydrogen) atoms. The lowest BCUT2D eigenvalue weighted by Crippen LogP contribution is -2.22. The van der Waals surface area contributed by atoms with Crippen molar-refractivity contribution in [1.82, 2.24) is 10.3 Å². The Morgan fingerprint density at radius 2 is 2.00 bits per heavy atom. The van der Waals surface area contributed by atoms with Gasteiger partial charge in [-0.3, -0.25) is 9.78 Å². The molecule has 1 N–H and O–H groups in total. The first-order valence-corrected chi connectivity index (χ1v) is 6.26. The van der Waals surface area contributed by atoms with Gasteiger partial charge in [0.2, 0.25) is 0 Å². The van der Waals surface area contributed by atoms with Crippen molar-refractivity contribution in [1.29, 1.82) is 0 Å². The van der Waals surface area contributed by atoms with Crippen LogP contribution in [0.25, 0.3) is 0 Å². The summed E-state index contributed by atoms with van der Waals surface area (Å²) in [6, 6.07) is 11.3. The number of carbonyl (C=O) groups is 1. The third-order valence-corrected chi connectivity index (χ3v) is 3.00. The van der Waals surface area contributed by atoms with Crippen molar-refractivity contribution < 1.29 is 4.79 Å². The smallest absolute Gasteiger partial charge is 0.251 e. The maximum atomic E-state index is 11.8. The van der Waals surface area contributed by atoms with E-state index >= 15 is 0 Å². The molecule has 2 aromatic rings. The van der Waals surface area contributed by atoms with Crippen LogP contribution >= 0.6 is 22.6 Å². The number of halogens is 1. The molecule has 3 nitrogen and oxygen atoms in total. The van der Waals surface area contributed by atoms with Gasteiger partial charge in [-0.25, -0.2) is 0 Å². The van der Waals surface area contributed by atoms with Gasteiger partial charge < -0.3 is 5.32 Å². The Kier molecular flexibility index (Phi) is 4.08. The van der Waals surface area contributed by atoms with Gasteiger partial charge in [0.15, 0.2) is 0 Å². The van der Waals surface area contributed by atoms with Gasteiger partial charge in [0, 0.05) is 28.1 Å². The van der Waals surface area contributed by atoms with Crippen molar-refractivity contribution in [3.63, 3.8) is 0 Å². The first kappa shape index (κ1) is 12.0. The van der Waals surface area contributed by atoms with Gasteiger partial charge in [-0.05, 0) is 58.5 Å². The van der Waals surface area contributed by atoms with Crippen LogP contribution in [-0.4, -0.2) is 10.9 Å². The predicted molar refractivity (Wildman–Crippen MR) is 74.6 cm³/mol. The molecule has 1 amide bonds. The van der Waals surface area contributed by atoms with Crippen LogP contribution in [0, 0.1) is 3.57 Å². The maximum absolute atomic E-state index is 11.8. The van der Waals surface area contributed by atoms with E-state index in [-0.39, 0.29) is 5.91 Å². The van der Waals surface area contributed by atoms with Gasteiger partial charge in [-0.2, -0.15) is 0 Å². The van der Waals surface area contributed by atoms with E-state index in [1.165, 1.54) is 0 Å². The molecule has 0 saturated heterocycles. The summed E-state index contributed by atoms with van der Waals surface area (Å²) in [5, 5.41) is 2.85. The highest BCUT2D eigenvalue weighted by Gasteiger charge is 2.04. The molecule has 0 unspecified atom stereocenters. The number of nitrogens with one attached hydrogen (secondary N) is 1. The second-order valence-corrected chi connectivity index (χ2v) is 4.80. The summed E-state index contributed by atoms with van der Waals surface area (Å²) in [7, 11) is 0. The van der Waals surface area contributed by atoms with Crippen LogP contribution in [0.2, 0.25) is 0 Å². The minimum Gasteiger partial charge on any atom is -0.348 e. The van der Waals surface area contributed by atoms with E-state index in [9.17, 15) is 4.79 Å². The molecule has 0 bridgehead atoms. The Hall–Kier alpha value is -1.43. The fourth-order valence-corrected chi connectivity index (χ4v) is 1.75. The SMILES string of the molecule is O=C(NCc1cccnc1)c1ccc(I)cc1. The Balaban J connectivity index is 1.96. The first-order valence-electron chi connectivity index (χ1n) is 5.18. The number of nitrogens with zero attached hydrogens (tertiary/aromatic N) is 1. The molecule has 0 atom stereocenters. The number of carbonyl (C=O) groups excluding carboxylic acids is 1. The first-order chi connectivity index (χ1) is 8.25. The fourth-order valence-electron chi connectivity index (χ4n) is 1.39. The number of rotatable bonds is 3. The van der Waals surface area contributed by atoms with Gasteiger partial charge >= 0.3 is 0 Å². The average molecular weight is 338 g/mol. The van der Waals surface area contributed by atoms with Gasteiger partial charge in [-0.1, -0.05) is 6.07 Å². The molecular weight excluding hydrogens is 327 g/mol. The Bertz CT molecular complexity index is 497. The van der Waals surface area contributed by atoms with Gasteiger partial charge in [-0.15, -0.1) is 0 Å². The number of amides is 1. The predicted octanol–water partition coefficient (Wildman–Crippen LogP) is 2.62. The molecule has 86 valence electrons. The number of aromatic nitrogens is 1. The molecule has 4 heteroatoms. The number of hydrogen-bond acceptors (Lipinski definition) is 2. The monoisotopic (exact) mass is 338 g/mol. The molecule has 0 fully saturated rings. The van der Waals surface area contributed by atoms with E-state index in [1.807, 2.05) is 36.4 Å². The van der Waals surface area contributed by atoms with Crippen molar-refractivity contribution in [3.05, 3.63) is 63.5 Å². The lowest BCUT2D eigenvalue weighted by atomic mass is 10.2. The lowest BCUT2D eigenvalue weighted by molar-refractivity contribution is 0.0951. The molecule has 0 aliphatic carbocycles. The highest BCUT2D eigenvalue weighted by Crippen LogP contribution is 2.06. The molecule has 0 radical (unpaired) electrons. The normalized spacial score (nSPS) is 9.94. The van der Waals surface area contributed by atoms with Crippen molar-refractivity contribution in [2.45, 2.75) is 6.54 Å². The molecule has 1 aromatic heterocycles. The quantitative estimate of drug-likeness (QED) is 0.875. The van der Waals surface area contributed by atoms with Crippen molar-refractivity contribution in [2.75, 3.05) is 0 Å². The van der Waals surface area contributed by atoms with Gasteiger partial charge in [0.05, 0.1) is 0 Å². The van der Waals surface area contributed by atoms with Crippen LogP contribution in [0.4, 0.5) is 0 Å². The Morgan fingerprint density at radius 1 is 1.24 bits per heavy atom. The zero-order valence-corrected chi connectivity index (χ0v) is 11.2. The summed E-state index contributed by atoms with van der Waals surface area (Å²) >= 11 is 2.21. The maximum Gasteiger partial charge on any atom is 0.251 e. The third kappa shape index (κ3) is 3.52. The van der Waals surface area contributed by atoms with Crippen LogP contribution in [0.1, 0.15) is 15.9 Å². The van der Waals surface area contributed by atoms with Crippen LogP contribution in [0.15, 0.2) is 48.8 Å². The molecule has 0 saturated carbocycles. The fraction of sp³-hybridized carbons (Fsp3) is 0.0769. The topological polar surface area (TPSA) is 42.0 Å². The number of benzene rings is 1. The molecule has 1 aromatic carbocycles. The minimum atomic E-state index is -0.0646. The van der Waals surface area contributed by atoms with Crippen LogP contribution in [0.3, 0.4) is 0 Å². The second-order valence-electron chi connectivity index (χ2n) is 3.55. The summed E-state index contributed by atoms with van der Waals surface area (Å²) in [6.45, 7) is 0.499. The summed E-state index contributed by atoms with van der Waals surface area (Å²) in [6.07, 6.45) is 3.46. The highest BCUT2D eigenvalue weighted by molar-refractivity contribution is 14.1. The lowest BCUT2D eigenvalue weighted by Gasteiger charge is -2.04. The summed E-state index contributed by atoms with van der Waals surface area (Å²) in [5.74, 6) is -0.0646. The average Bonchev–Trinajstić information content (AvgIpc) is 2.38. The molecular formula is C13H11IN2O. The number of hydrogen-bond donors (Lipinski definition) is 1. The zero-order valence-electron chi connectivity index (χ0n) is 9.06. The van der Waals surface area contributed by atoms with E-state index < -0.39 is 0 Å². The standard InChI is InChI=1S/C13H11IN2O/c14-12-5-3-11(4-6-12)13(17)16-9-10-2-1-7-15-8-10/h1-8H,9H2,(H,16,17). The molecule has 2 rings (SSSR count). The van der Waals surface area contributed by atoms with E-state index in [2.05, 4.69) is 32.9 Å². The summed E-state index contributed by atoms with van der Waals surface area (Å²) in [5.41, 5.74) is 1.67. The number of pyridine rings is 1. The van der Waals surface area contributed by atoms with E-state index in [0.29, 0.717) is 12.1 Å². The Morgan fingerprint density at radius 3 is 2.65 bits per heavy atom. The zero-order chi connectivity index (χ0) is 12.1. The van der Waals surface area contributed by atoms with Gasteiger partial charge in [0.1, 0.15) is 0 Å². The van der Waals surface area contributed by atoms with Crippen molar-refractivity contribution in [3.8, 4) is 0 Å². The Labute approximate surface area is 113 Å². The summed E-state index contributed by atoms with van der Waals surface area (Å²) in [4.78, 5) is 15.8. The van der Waals surface area contributed by atoms with Crippen LogP contribution < -0.4 is 5.32 Å². The summed E-state index contributed by atoms with van der Waals surface area (Å²) < 4.78 is 1.12. The van der Waals surface area contributed by atoms with Crippen molar-refractivity contribution in [2.24, 2.45) is 0 Å². The van der Waals surface area contributed by atoms with E-state index in [0.717, 1.165) is 9.13 Å². The van der Waals surface area contributed by atoms with E-state index in [4.69, 9.17) is 0 Å². The highest BCUT2D eigenvalue weighted by atomic mass is 127. The van der Waals surface area contributed by atoms with Crippen LogP contribution in [-0.2, 0) is 6.54 Å². The molecule has 1 heterocycles. The second kappa shape index (κ2) is 5.77. The molecule has 0 aliphatic heterocycles. The van der Waals surface area contributed by atoms with E-state index in [1.54, 1.807) is 12.4 Å². The third-order valence-electron chi connectivity index (χ3n) is 2.28. The minimum absolute atomic E-state index is 0.0646. The van der Waals surface area contributed by atoms with Gasteiger partial charge in [0.25, 0.3) is 5.91 Å². The van der Waals surface area contributed by atoms with Crippen molar-refractivity contribution >= 4 is 28.5 Å². The molecule has 0 aliphatic rings. The van der Waals surface area contributed by atoms with Crippen LogP contribution in [0.5, 0.6) is 0 Å². The molecule has 0 spiro atoms.